The summed E-state index contributed by atoms with van der Waals surface area (Å²) in [6.45, 7) is 3.41. The van der Waals surface area contributed by atoms with Crippen molar-refractivity contribution in [1.82, 2.24) is 10.2 Å². The molecule has 24 heavy (non-hydrogen) atoms. The summed E-state index contributed by atoms with van der Waals surface area (Å²) in [5.74, 6) is 0.829. The quantitative estimate of drug-likeness (QED) is 0.870. The lowest BCUT2D eigenvalue weighted by Crippen LogP contribution is -2.44. The van der Waals surface area contributed by atoms with Crippen LogP contribution < -0.4 is 10.6 Å². The van der Waals surface area contributed by atoms with Crippen LogP contribution in [0.4, 0.5) is 10.5 Å². The zero-order chi connectivity index (χ0) is 16.8. The molecule has 7 heteroatoms. The van der Waals surface area contributed by atoms with Gasteiger partial charge in [-0.15, -0.1) is 0 Å². The molecule has 0 radical (unpaired) electrons. The second-order valence-electron chi connectivity index (χ2n) is 5.49. The third-order valence-electron chi connectivity index (χ3n) is 3.94. The Kier molecular flexibility index (Phi) is 5.74. The molecule has 1 fully saturated rings. The fourth-order valence-electron chi connectivity index (χ4n) is 2.70. The minimum Gasteiger partial charge on any atom is -0.468 e. The Morgan fingerprint density at radius 1 is 1.21 bits per heavy atom. The molecule has 2 amide bonds. The van der Waals surface area contributed by atoms with E-state index in [2.05, 4.69) is 15.5 Å². The molecular formula is C17H20ClN3O3. The largest absolute Gasteiger partial charge is 0.468 e. The predicted octanol–water partition coefficient (Wildman–Crippen LogP) is 3.13. The van der Waals surface area contributed by atoms with Crippen molar-refractivity contribution >= 4 is 23.3 Å². The van der Waals surface area contributed by atoms with Crippen molar-refractivity contribution in [1.29, 1.82) is 0 Å². The maximum absolute atomic E-state index is 12.2. The van der Waals surface area contributed by atoms with Gasteiger partial charge in [0, 0.05) is 19.6 Å². The van der Waals surface area contributed by atoms with Gasteiger partial charge < -0.3 is 19.8 Å². The van der Waals surface area contributed by atoms with Gasteiger partial charge in [-0.05, 0) is 24.3 Å². The highest BCUT2D eigenvalue weighted by molar-refractivity contribution is 6.33. The van der Waals surface area contributed by atoms with E-state index in [0.717, 1.165) is 18.8 Å². The number of nitrogens with one attached hydrogen (secondary N) is 2. The number of halogens is 1. The monoisotopic (exact) mass is 349 g/mol. The zero-order valence-electron chi connectivity index (χ0n) is 13.2. The van der Waals surface area contributed by atoms with Crippen LogP contribution in [0.25, 0.3) is 0 Å². The number of nitrogens with zero attached hydrogens (tertiary/aromatic N) is 1. The molecule has 128 valence electrons. The molecule has 2 N–H and O–H groups in total. The third-order valence-corrected chi connectivity index (χ3v) is 4.27. The summed E-state index contributed by atoms with van der Waals surface area (Å²) in [6.07, 6.45) is 1.65. The lowest BCUT2D eigenvalue weighted by atomic mass is 10.1. The Balaban J connectivity index is 1.61. The number of rotatable bonds is 5. The van der Waals surface area contributed by atoms with Crippen LogP contribution in [0.3, 0.4) is 0 Å². The Labute approximate surface area is 145 Å². The van der Waals surface area contributed by atoms with E-state index in [4.69, 9.17) is 20.8 Å². The van der Waals surface area contributed by atoms with E-state index < -0.39 is 0 Å². The van der Waals surface area contributed by atoms with Crippen molar-refractivity contribution < 1.29 is 13.9 Å². The first-order valence-corrected chi connectivity index (χ1v) is 8.26. The Hall–Kier alpha value is -2.02. The van der Waals surface area contributed by atoms with E-state index >= 15 is 0 Å². The van der Waals surface area contributed by atoms with E-state index in [0.29, 0.717) is 30.5 Å². The predicted molar refractivity (Wildman–Crippen MR) is 92.3 cm³/mol. The number of para-hydroxylation sites is 1. The lowest BCUT2D eigenvalue weighted by molar-refractivity contribution is 0.0124. The molecule has 2 heterocycles. The second kappa shape index (κ2) is 8.19. The van der Waals surface area contributed by atoms with Crippen LogP contribution in [0.2, 0.25) is 5.02 Å². The maximum atomic E-state index is 12.2. The number of urea groups is 1. The highest BCUT2D eigenvalue weighted by Gasteiger charge is 2.25. The van der Waals surface area contributed by atoms with E-state index in [1.807, 2.05) is 24.3 Å². The summed E-state index contributed by atoms with van der Waals surface area (Å²) in [4.78, 5) is 14.4. The molecule has 3 rings (SSSR count). The summed E-state index contributed by atoms with van der Waals surface area (Å²) >= 11 is 6.05. The molecule has 1 unspecified atom stereocenters. The normalized spacial score (nSPS) is 16.5. The van der Waals surface area contributed by atoms with Crippen molar-refractivity contribution in [3.63, 3.8) is 0 Å². The number of carbonyl (C=O) groups is 1. The van der Waals surface area contributed by atoms with Crippen molar-refractivity contribution in [3.05, 3.63) is 53.4 Å². The van der Waals surface area contributed by atoms with Crippen molar-refractivity contribution in [2.24, 2.45) is 0 Å². The number of hydrogen-bond acceptors (Lipinski definition) is 4. The highest BCUT2D eigenvalue weighted by Crippen LogP contribution is 2.22. The zero-order valence-corrected chi connectivity index (χ0v) is 14.0. The number of ether oxygens (including phenoxy) is 1. The Morgan fingerprint density at radius 2 is 2.00 bits per heavy atom. The van der Waals surface area contributed by atoms with Crippen molar-refractivity contribution in [2.45, 2.75) is 6.04 Å². The van der Waals surface area contributed by atoms with Crippen LogP contribution in [0.1, 0.15) is 11.8 Å². The van der Waals surface area contributed by atoms with Gasteiger partial charge in [0.2, 0.25) is 0 Å². The molecule has 6 nitrogen and oxygen atoms in total. The van der Waals surface area contributed by atoms with Gasteiger partial charge in [-0.25, -0.2) is 4.79 Å². The summed E-state index contributed by atoms with van der Waals surface area (Å²) in [5, 5.41) is 6.15. The molecule has 0 spiro atoms. The summed E-state index contributed by atoms with van der Waals surface area (Å²) < 4.78 is 10.9. The van der Waals surface area contributed by atoms with E-state index in [9.17, 15) is 4.79 Å². The molecule has 1 aliphatic rings. The molecule has 1 aromatic heterocycles. The summed E-state index contributed by atoms with van der Waals surface area (Å²) in [5.41, 5.74) is 0.581. The van der Waals surface area contributed by atoms with Gasteiger partial charge in [-0.2, -0.15) is 0 Å². The minimum absolute atomic E-state index is 0.0269. The first-order valence-electron chi connectivity index (χ1n) is 7.88. The van der Waals surface area contributed by atoms with Gasteiger partial charge in [0.25, 0.3) is 0 Å². The topological polar surface area (TPSA) is 66.7 Å². The van der Waals surface area contributed by atoms with E-state index in [1.165, 1.54) is 0 Å². The third kappa shape index (κ3) is 4.29. The minimum atomic E-state index is -0.298. The van der Waals surface area contributed by atoms with Crippen LogP contribution in [-0.4, -0.2) is 43.8 Å². The number of anilines is 1. The van der Waals surface area contributed by atoms with Crippen LogP contribution in [-0.2, 0) is 4.74 Å². The Morgan fingerprint density at radius 3 is 2.71 bits per heavy atom. The first kappa shape index (κ1) is 16.8. The molecule has 1 atom stereocenters. The number of hydrogen-bond donors (Lipinski definition) is 2. The molecular weight excluding hydrogens is 330 g/mol. The highest BCUT2D eigenvalue weighted by atomic mass is 35.5. The first-order chi connectivity index (χ1) is 11.7. The van der Waals surface area contributed by atoms with Gasteiger partial charge in [0.05, 0.1) is 36.2 Å². The number of carbonyl (C=O) groups excluding carboxylic acids is 1. The fraction of sp³-hybridized carbons (Fsp3) is 0.353. The van der Waals surface area contributed by atoms with Gasteiger partial charge in [-0.1, -0.05) is 23.7 Å². The van der Waals surface area contributed by atoms with Gasteiger partial charge in [0.15, 0.2) is 0 Å². The summed E-state index contributed by atoms with van der Waals surface area (Å²) in [7, 11) is 0. The molecule has 0 bridgehead atoms. The number of amides is 2. The molecule has 1 saturated heterocycles. The molecule has 0 saturated carbocycles. The molecule has 1 aromatic carbocycles. The molecule has 2 aromatic rings. The lowest BCUT2D eigenvalue weighted by Gasteiger charge is -2.33. The maximum Gasteiger partial charge on any atom is 0.319 e. The number of benzene rings is 1. The van der Waals surface area contributed by atoms with Gasteiger partial charge in [-0.3, -0.25) is 4.90 Å². The smallest absolute Gasteiger partial charge is 0.319 e. The standard InChI is InChI=1S/C17H20ClN3O3/c18-13-4-1-2-5-14(13)20-17(22)19-12-15(16-6-3-9-24-16)21-7-10-23-11-8-21/h1-6,9,15H,7-8,10-12H2,(H2,19,20,22). The van der Waals surface area contributed by atoms with E-state index in [1.54, 1.807) is 18.4 Å². The van der Waals surface area contributed by atoms with Crippen molar-refractivity contribution in [2.75, 3.05) is 38.2 Å². The van der Waals surface area contributed by atoms with Crippen LogP contribution in [0, 0.1) is 0 Å². The van der Waals surface area contributed by atoms with Crippen LogP contribution >= 0.6 is 11.6 Å². The van der Waals surface area contributed by atoms with Gasteiger partial charge >= 0.3 is 6.03 Å². The number of morpholine rings is 1. The fourth-order valence-corrected chi connectivity index (χ4v) is 2.88. The molecule has 0 aliphatic carbocycles. The Bertz CT molecular complexity index is 657. The average molecular weight is 350 g/mol. The molecule has 1 aliphatic heterocycles. The van der Waals surface area contributed by atoms with Crippen LogP contribution in [0.5, 0.6) is 0 Å². The summed E-state index contributed by atoms with van der Waals surface area (Å²) in [6, 6.07) is 10.6. The van der Waals surface area contributed by atoms with E-state index in [-0.39, 0.29) is 12.1 Å². The average Bonchev–Trinajstić information content (AvgIpc) is 3.12. The van der Waals surface area contributed by atoms with Crippen molar-refractivity contribution in [3.8, 4) is 0 Å². The SMILES string of the molecule is O=C(NCC(c1ccco1)N1CCOCC1)Nc1ccccc1Cl. The van der Waals surface area contributed by atoms with Gasteiger partial charge in [0.1, 0.15) is 5.76 Å². The number of furan rings is 1. The second-order valence-corrected chi connectivity index (χ2v) is 5.90. The van der Waals surface area contributed by atoms with Crippen LogP contribution in [0.15, 0.2) is 47.1 Å².